The van der Waals surface area contributed by atoms with Gasteiger partial charge in [-0.1, -0.05) is 37.5 Å². The predicted molar refractivity (Wildman–Crippen MR) is 108 cm³/mol. The molecule has 1 aliphatic heterocycles. The molecule has 0 unspecified atom stereocenters. The normalized spacial score (nSPS) is 21.5. The summed E-state index contributed by atoms with van der Waals surface area (Å²) in [7, 11) is 2.20. The largest absolute Gasteiger partial charge is 0.353 e. The monoisotopic (exact) mass is 345 g/mol. The van der Waals surface area contributed by atoms with Crippen molar-refractivity contribution in [1.82, 2.24) is 9.55 Å². The van der Waals surface area contributed by atoms with E-state index in [1.165, 1.54) is 54.4 Å². The Morgan fingerprint density at radius 3 is 2.58 bits per heavy atom. The summed E-state index contributed by atoms with van der Waals surface area (Å²) < 4.78 is 2.35. The summed E-state index contributed by atoms with van der Waals surface area (Å²) in [6.45, 7) is 4.63. The van der Waals surface area contributed by atoms with E-state index in [-0.39, 0.29) is 5.54 Å². The minimum Gasteiger partial charge on any atom is -0.353 e. The van der Waals surface area contributed by atoms with Crippen LogP contribution in [0.3, 0.4) is 0 Å². The summed E-state index contributed by atoms with van der Waals surface area (Å²) in [5.74, 6) is 0. The minimum atomic E-state index is 0.113. The van der Waals surface area contributed by atoms with Crippen molar-refractivity contribution in [3.8, 4) is 0 Å². The maximum Gasteiger partial charge on any atom is 0.140 e. The molecule has 1 spiro atoms. The third-order valence-corrected chi connectivity index (χ3v) is 6.76. The molecule has 3 nitrogen and oxygen atoms in total. The molecule has 1 aromatic carbocycles. The number of aryl methyl sites for hydroxylation is 2. The van der Waals surface area contributed by atoms with E-state index < -0.39 is 0 Å². The SMILES string of the molecule is Cc1ccccc1N1[C@@H](C)c2c(c3cccnc3n2C)C12CCCCC2. The molecule has 1 aliphatic carbocycles. The van der Waals surface area contributed by atoms with Crippen LogP contribution in [0, 0.1) is 6.92 Å². The van der Waals surface area contributed by atoms with Crippen LogP contribution in [0.2, 0.25) is 0 Å². The first-order valence-corrected chi connectivity index (χ1v) is 9.94. The van der Waals surface area contributed by atoms with Gasteiger partial charge in [-0.15, -0.1) is 0 Å². The fourth-order valence-corrected chi connectivity index (χ4v) is 5.77. The van der Waals surface area contributed by atoms with Crippen molar-refractivity contribution in [3.63, 3.8) is 0 Å². The zero-order valence-electron chi connectivity index (χ0n) is 16.0. The first-order valence-electron chi connectivity index (χ1n) is 9.94. The van der Waals surface area contributed by atoms with Crippen LogP contribution in [-0.2, 0) is 12.6 Å². The maximum absolute atomic E-state index is 4.72. The molecule has 0 N–H and O–H groups in total. The van der Waals surface area contributed by atoms with Gasteiger partial charge < -0.3 is 9.47 Å². The fraction of sp³-hybridized carbons (Fsp3) is 0.435. The molecule has 3 heteroatoms. The van der Waals surface area contributed by atoms with E-state index >= 15 is 0 Å². The van der Waals surface area contributed by atoms with Crippen molar-refractivity contribution in [2.75, 3.05) is 4.90 Å². The first kappa shape index (κ1) is 15.9. The highest BCUT2D eigenvalue weighted by molar-refractivity contribution is 5.87. The first-order chi connectivity index (χ1) is 12.6. The summed E-state index contributed by atoms with van der Waals surface area (Å²) in [4.78, 5) is 7.46. The Morgan fingerprint density at radius 1 is 1.04 bits per heavy atom. The van der Waals surface area contributed by atoms with Gasteiger partial charge in [0, 0.05) is 35.6 Å². The summed E-state index contributed by atoms with van der Waals surface area (Å²) in [6.07, 6.45) is 8.39. The smallest absolute Gasteiger partial charge is 0.140 e. The Balaban J connectivity index is 1.83. The summed E-state index contributed by atoms with van der Waals surface area (Å²) in [5, 5.41) is 1.36. The van der Waals surface area contributed by atoms with Gasteiger partial charge >= 0.3 is 0 Å². The minimum absolute atomic E-state index is 0.113. The Hall–Kier alpha value is -2.29. The quantitative estimate of drug-likeness (QED) is 0.570. The number of rotatable bonds is 1. The topological polar surface area (TPSA) is 21.1 Å². The maximum atomic E-state index is 4.72. The molecule has 0 bridgehead atoms. The molecular formula is C23H27N3. The lowest BCUT2D eigenvalue weighted by molar-refractivity contribution is 0.285. The molecule has 5 rings (SSSR count). The fourth-order valence-electron chi connectivity index (χ4n) is 5.77. The van der Waals surface area contributed by atoms with Crippen molar-refractivity contribution in [2.45, 2.75) is 57.5 Å². The van der Waals surface area contributed by atoms with E-state index in [4.69, 9.17) is 4.98 Å². The van der Waals surface area contributed by atoms with Crippen LogP contribution >= 0.6 is 0 Å². The summed E-state index contributed by atoms with van der Waals surface area (Å²) in [6, 6.07) is 13.7. The van der Waals surface area contributed by atoms with Gasteiger partial charge in [0.05, 0.1) is 11.6 Å². The summed E-state index contributed by atoms with van der Waals surface area (Å²) >= 11 is 0. The van der Waals surface area contributed by atoms with Crippen LogP contribution in [0.4, 0.5) is 5.69 Å². The number of anilines is 1. The average molecular weight is 345 g/mol. The Bertz CT molecular complexity index is 978. The highest BCUT2D eigenvalue weighted by Gasteiger charge is 2.52. The Labute approximate surface area is 155 Å². The second-order valence-electron chi connectivity index (χ2n) is 8.12. The zero-order valence-corrected chi connectivity index (χ0v) is 16.0. The van der Waals surface area contributed by atoms with Crippen molar-refractivity contribution >= 4 is 16.7 Å². The van der Waals surface area contributed by atoms with Crippen LogP contribution in [-0.4, -0.2) is 9.55 Å². The van der Waals surface area contributed by atoms with Gasteiger partial charge in [0.15, 0.2) is 0 Å². The van der Waals surface area contributed by atoms with Gasteiger partial charge in [-0.25, -0.2) is 4.98 Å². The highest BCUT2D eigenvalue weighted by Crippen LogP contribution is 2.57. The van der Waals surface area contributed by atoms with Crippen molar-refractivity contribution in [2.24, 2.45) is 7.05 Å². The van der Waals surface area contributed by atoms with Crippen LogP contribution in [0.1, 0.15) is 61.9 Å². The lowest BCUT2D eigenvalue weighted by atomic mass is 9.76. The third-order valence-electron chi connectivity index (χ3n) is 6.76. The molecule has 1 saturated carbocycles. The number of nitrogens with zero attached hydrogens (tertiary/aromatic N) is 3. The number of hydrogen-bond acceptors (Lipinski definition) is 2. The highest BCUT2D eigenvalue weighted by atomic mass is 15.3. The van der Waals surface area contributed by atoms with E-state index in [1.807, 2.05) is 6.20 Å². The molecule has 134 valence electrons. The second kappa shape index (κ2) is 5.60. The standard InChI is InChI=1S/C23H27N3/c1-16-10-5-6-12-19(16)26-17(2)21-20(23(26)13-7-4-8-14-23)18-11-9-15-24-22(18)25(21)3/h5-6,9-12,15,17H,4,7-8,13-14H2,1-3H3/t17-/m0/s1. The number of hydrogen-bond donors (Lipinski definition) is 0. The average Bonchev–Trinajstić information content (AvgIpc) is 3.09. The molecule has 2 aliphatic rings. The zero-order chi connectivity index (χ0) is 17.9. The van der Waals surface area contributed by atoms with Crippen LogP contribution < -0.4 is 4.90 Å². The number of para-hydroxylation sites is 1. The van der Waals surface area contributed by atoms with Crippen LogP contribution in [0.25, 0.3) is 11.0 Å². The van der Waals surface area contributed by atoms with Crippen LogP contribution in [0.15, 0.2) is 42.6 Å². The van der Waals surface area contributed by atoms with Gasteiger partial charge in [0.1, 0.15) is 5.65 Å². The predicted octanol–water partition coefficient (Wildman–Crippen LogP) is 5.62. The van der Waals surface area contributed by atoms with Crippen LogP contribution in [0.5, 0.6) is 0 Å². The van der Waals surface area contributed by atoms with Crippen molar-refractivity contribution < 1.29 is 0 Å². The molecule has 0 saturated heterocycles. The second-order valence-corrected chi connectivity index (χ2v) is 8.12. The van der Waals surface area contributed by atoms with Crippen molar-refractivity contribution in [1.29, 1.82) is 0 Å². The molecule has 26 heavy (non-hydrogen) atoms. The van der Waals surface area contributed by atoms with E-state index in [2.05, 4.69) is 66.8 Å². The summed E-state index contributed by atoms with van der Waals surface area (Å²) in [5.41, 5.74) is 7.04. The lowest BCUT2D eigenvalue weighted by Gasteiger charge is -2.46. The van der Waals surface area contributed by atoms with E-state index in [1.54, 1.807) is 5.56 Å². The van der Waals surface area contributed by atoms with Gasteiger partial charge in [-0.05, 0) is 50.5 Å². The number of pyridine rings is 1. The molecule has 2 aromatic heterocycles. The molecule has 0 amide bonds. The Morgan fingerprint density at radius 2 is 1.81 bits per heavy atom. The molecule has 1 fully saturated rings. The third kappa shape index (κ3) is 1.92. The molecule has 3 heterocycles. The van der Waals surface area contributed by atoms with Gasteiger partial charge in [-0.2, -0.15) is 0 Å². The number of fused-ring (bicyclic) bond motifs is 4. The van der Waals surface area contributed by atoms with Crippen molar-refractivity contribution in [3.05, 3.63) is 59.4 Å². The lowest BCUT2D eigenvalue weighted by Crippen LogP contribution is -2.44. The number of aromatic nitrogens is 2. The molecule has 3 aromatic rings. The van der Waals surface area contributed by atoms with E-state index in [0.29, 0.717) is 6.04 Å². The number of benzene rings is 1. The van der Waals surface area contributed by atoms with Gasteiger partial charge in [0.25, 0.3) is 0 Å². The molecular weight excluding hydrogens is 318 g/mol. The Kier molecular flexibility index (Phi) is 3.43. The van der Waals surface area contributed by atoms with Gasteiger partial charge in [-0.3, -0.25) is 0 Å². The van der Waals surface area contributed by atoms with E-state index in [9.17, 15) is 0 Å². The molecule has 0 radical (unpaired) electrons. The van der Waals surface area contributed by atoms with E-state index in [0.717, 1.165) is 5.65 Å². The molecule has 1 atom stereocenters. The van der Waals surface area contributed by atoms with Gasteiger partial charge in [0.2, 0.25) is 0 Å².